The topological polar surface area (TPSA) is 106 Å². The first kappa shape index (κ1) is 16.8. The van der Waals surface area contributed by atoms with Crippen LogP contribution in [-0.2, 0) is 14.8 Å². The number of nitrogens with two attached hydrogens (primary N) is 1. The van der Waals surface area contributed by atoms with Crippen LogP contribution in [0.15, 0.2) is 23.2 Å². The minimum Gasteiger partial charge on any atom is -0.380 e. The maximum Gasteiger partial charge on any atom is 0.244 e. The van der Waals surface area contributed by atoms with Crippen molar-refractivity contribution in [3.8, 4) is 0 Å². The Balaban J connectivity index is 2.46. The van der Waals surface area contributed by atoms with Crippen molar-refractivity contribution in [1.82, 2.24) is 9.71 Å². The predicted molar refractivity (Wildman–Crippen MR) is 77.5 cm³/mol. The number of aromatic nitrogens is 1. The maximum atomic E-state index is 12.1. The van der Waals surface area contributed by atoms with Crippen LogP contribution in [0, 0.1) is 5.92 Å². The number of rotatable bonds is 9. The van der Waals surface area contributed by atoms with Gasteiger partial charge in [0.25, 0.3) is 0 Å². The zero-order valence-electron chi connectivity index (χ0n) is 11.8. The van der Waals surface area contributed by atoms with Gasteiger partial charge in [-0.15, -0.1) is 0 Å². The second kappa shape index (κ2) is 8.15. The maximum absolute atomic E-state index is 12.1. The summed E-state index contributed by atoms with van der Waals surface area (Å²) < 4.78 is 31.9. The van der Waals surface area contributed by atoms with Crippen LogP contribution in [0.5, 0.6) is 0 Å². The van der Waals surface area contributed by atoms with Crippen LogP contribution >= 0.6 is 0 Å². The third kappa shape index (κ3) is 5.41. The smallest absolute Gasteiger partial charge is 0.244 e. The molecular weight excluding hydrogens is 280 g/mol. The largest absolute Gasteiger partial charge is 0.380 e. The molecule has 0 bridgehead atoms. The monoisotopic (exact) mass is 302 g/mol. The number of pyridine rings is 1. The van der Waals surface area contributed by atoms with Gasteiger partial charge in [-0.3, -0.25) is 0 Å². The Labute approximate surface area is 119 Å². The molecule has 0 unspecified atom stereocenters. The molecular formula is C12H22N4O3S. The Morgan fingerprint density at radius 3 is 2.80 bits per heavy atom. The van der Waals surface area contributed by atoms with Gasteiger partial charge < -0.3 is 10.2 Å². The van der Waals surface area contributed by atoms with Crippen LogP contribution in [0.4, 0.5) is 5.82 Å². The molecule has 0 saturated carbocycles. The van der Waals surface area contributed by atoms with E-state index in [1.54, 1.807) is 0 Å². The molecule has 0 aromatic carbocycles. The highest BCUT2D eigenvalue weighted by Crippen LogP contribution is 2.16. The van der Waals surface area contributed by atoms with Crippen molar-refractivity contribution >= 4 is 15.8 Å². The van der Waals surface area contributed by atoms with Gasteiger partial charge in [0.15, 0.2) is 5.82 Å². The number of sulfonamides is 1. The fourth-order valence-corrected chi connectivity index (χ4v) is 2.59. The quantitative estimate of drug-likeness (QED) is 0.352. The molecule has 8 heteroatoms. The van der Waals surface area contributed by atoms with E-state index in [9.17, 15) is 8.42 Å². The molecule has 1 aromatic rings. The molecule has 0 aliphatic rings. The Morgan fingerprint density at radius 2 is 2.15 bits per heavy atom. The second-order valence-corrected chi connectivity index (χ2v) is 6.42. The molecule has 0 saturated heterocycles. The number of hydrogen-bond acceptors (Lipinski definition) is 6. The van der Waals surface area contributed by atoms with Gasteiger partial charge in [-0.1, -0.05) is 13.8 Å². The number of nitrogen functional groups attached to an aromatic ring is 1. The van der Waals surface area contributed by atoms with Gasteiger partial charge in [-0.2, -0.15) is 0 Å². The van der Waals surface area contributed by atoms with E-state index in [-0.39, 0.29) is 17.3 Å². The zero-order chi connectivity index (χ0) is 15.0. The van der Waals surface area contributed by atoms with E-state index in [1.807, 2.05) is 0 Å². The lowest BCUT2D eigenvalue weighted by Gasteiger charge is -2.10. The molecule has 0 atom stereocenters. The number of ether oxygens (including phenoxy) is 1. The van der Waals surface area contributed by atoms with Gasteiger partial charge >= 0.3 is 0 Å². The molecule has 0 radical (unpaired) electrons. The first-order chi connectivity index (χ1) is 9.47. The summed E-state index contributed by atoms with van der Waals surface area (Å²) in [6.07, 6.45) is 2.42. The van der Waals surface area contributed by atoms with Crippen molar-refractivity contribution in [3.05, 3.63) is 18.3 Å². The highest BCUT2D eigenvalue weighted by molar-refractivity contribution is 7.89. The summed E-state index contributed by atoms with van der Waals surface area (Å²) in [7, 11) is -3.64. The van der Waals surface area contributed by atoms with Crippen molar-refractivity contribution in [3.63, 3.8) is 0 Å². The van der Waals surface area contributed by atoms with E-state index in [0.29, 0.717) is 19.1 Å². The van der Waals surface area contributed by atoms with Gasteiger partial charge in [-0.05, 0) is 24.5 Å². The van der Waals surface area contributed by atoms with E-state index >= 15 is 0 Å². The summed E-state index contributed by atoms with van der Waals surface area (Å²) in [4.78, 5) is 3.87. The molecule has 7 nitrogen and oxygen atoms in total. The average Bonchev–Trinajstić information content (AvgIpc) is 2.42. The summed E-state index contributed by atoms with van der Waals surface area (Å²) in [5, 5.41) is 0. The number of nitrogens with zero attached hydrogens (tertiary/aromatic N) is 1. The van der Waals surface area contributed by atoms with Crippen LogP contribution in [0.1, 0.15) is 20.3 Å². The second-order valence-electron chi connectivity index (χ2n) is 4.69. The molecule has 20 heavy (non-hydrogen) atoms. The van der Waals surface area contributed by atoms with Crippen LogP contribution in [-0.4, -0.2) is 33.2 Å². The van der Waals surface area contributed by atoms with Gasteiger partial charge in [0.05, 0.1) is 6.61 Å². The summed E-state index contributed by atoms with van der Waals surface area (Å²) >= 11 is 0. The third-order valence-electron chi connectivity index (χ3n) is 2.57. The molecule has 1 aromatic heterocycles. The lowest BCUT2D eigenvalue weighted by Crippen LogP contribution is -2.29. The van der Waals surface area contributed by atoms with Crippen LogP contribution in [0.2, 0.25) is 0 Å². The Morgan fingerprint density at radius 1 is 1.40 bits per heavy atom. The summed E-state index contributed by atoms with van der Waals surface area (Å²) in [5.41, 5.74) is 2.26. The minimum atomic E-state index is -3.64. The Kier molecular flexibility index (Phi) is 6.86. The fourth-order valence-electron chi connectivity index (χ4n) is 1.46. The lowest BCUT2D eigenvalue weighted by molar-refractivity contribution is 0.128. The molecule has 1 rings (SSSR count). The fraction of sp³-hybridized carbons (Fsp3) is 0.583. The van der Waals surface area contributed by atoms with Gasteiger partial charge in [0.2, 0.25) is 10.0 Å². The Hall–Kier alpha value is -1.22. The van der Waals surface area contributed by atoms with Crippen molar-refractivity contribution in [2.24, 2.45) is 11.8 Å². The summed E-state index contributed by atoms with van der Waals surface area (Å²) in [6.45, 7) is 5.38. The Bertz CT molecular complexity index is 505. The third-order valence-corrected chi connectivity index (χ3v) is 4.07. The normalized spacial score (nSPS) is 11.8. The standard InChI is InChI=1S/C12H22N4O3S/c1-10(2)5-8-19-9-7-15-20(17,18)11-4-3-6-14-12(11)16-13/h3-4,6,10,15H,5,7-9,13H2,1-2H3,(H,14,16). The van der Waals surface area contributed by atoms with Crippen LogP contribution in [0.25, 0.3) is 0 Å². The molecule has 0 aliphatic heterocycles. The van der Waals surface area contributed by atoms with E-state index in [0.717, 1.165) is 6.42 Å². The molecule has 1 heterocycles. The van der Waals surface area contributed by atoms with E-state index < -0.39 is 10.0 Å². The zero-order valence-corrected chi connectivity index (χ0v) is 12.6. The summed E-state index contributed by atoms with van der Waals surface area (Å²) in [5.74, 6) is 5.92. The minimum absolute atomic E-state index is 0.0182. The first-order valence-corrected chi connectivity index (χ1v) is 7.94. The number of anilines is 1. The van der Waals surface area contributed by atoms with Gasteiger partial charge in [0, 0.05) is 19.3 Å². The number of hydrazine groups is 1. The van der Waals surface area contributed by atoms with Gasteiger partial charge in [-0.25, -0.2) is 24.0 Å². The predicted octanol–water partition coefficient (Wildman–Crippen LogP) is 0.708. The highest BCUT2D eigenvalue weighted by Gasteiger charge is 2.18. The van der Waals surface area contributed by atoms with Crippen LogP contribution in [0.3, 0.4) is 0 Å². The molecule has 0 fully saturated rings. The molecule has 0 amide bonds. The van der Waals surface area contributed by atoms with Gasteiger partial charge in [0.1, 0.15) is 4.90 Å². The van der Waals surface area contributed by atoms with E-state index in [2.05, 4.69) is 29.0 Å². The van der Waals surface area contributed by atoms with Crippen molar-refractivity contribution in [1.29, 1.82) is 0 Å². The molecule has 4 N–H and O–H groups in total. The van der Waals surface area contributed by atoms with E-state index in [1.165, 1.54) is 18.3 Å². The molecule has 114 valence electrons. The highest BCUT2D eigenvalue weighted by atomic mass is 32.2. The van der Waals surface area contributed by atoms with Crippen molar-refractivity contribution < 1.29 is 13.2 Å². The average molecular weight is 302 g/mol. The lowest BCUT2D eigenvalue weighted by atomic mass is 10.1. The SMILES string of the molecule is CC(C)CCOCCNS(=O)(=O)c1cccnc1NN. The molecule has 0 spiro atoms. The summed E-state index contributed by atoms with van der Waals surface area (Å²) in [6, 6.07) is 2.97. The van der Waals surface area contributed by atoms with E-state index in [4.69, 9.17) is 10.6 Å². The van der Waals surface area contributed by atoms with Crippen LogP contribution < -0.4 is 16.0 Å². The molecule has 0 aliphatic carbocycles. The van der Waals surface area contributed by atoms with Crippen molar-refractivity contribution in [2.45, 2.75) is 25.2 Å². The first-order valence-electron chi connectivity index (χ1n) is 6.46. The van der Waals surface area contributed by atoms with Crippen molar-refractivity contribution in [2.75, 3.05) is 25.2 Å². The number of nitrogens with one attached hydrogen (secondary N) is 2. The number of hydrogen-bond donors (Lipinski definition) is 3.